The molecule has 4 nitrogen and oxygen atoms in total. The molecule has 1 aliphatic heterocycles. The summed E-state index contributed by atoms with van der Waals surface area (Å²) in [7, 11) is 0. The van der Waals surface area contributed by atoms with Crippen molar-refractivity contribution >= 4 is 40.5 Å². The number of nitrogens with zero attached hydrogens (tertiary/aromatic N) is 2. The third-order valence-corrected chi connectivity index (χ3v) is 5.48. The van der Waals surface area contributed by atoms with E-state index < -0.39 is 0 Å². The van der Waals surface area contributed by atoms with Crippen molar-refractivity contribution in [3.8, 4) is 0 Å². The van der Waals surface area contributed by atoms with Crippen LogP contribution in [0.4, 0.5) is 11.4 Å². The average Bonchev–Trinajstić information content (AvgIpc) is 2.61. The van der Waals surface area contributed by atoms with Crippen LogP contribution in [0.2, 0.25) is 10.0 Å². The molecule has 3 rings (SSSR count). The first-order valence-corrected chi connectivity index (χ1v) is 9.89. The predicted molar refractivity (Wildman–Crippen MR) is 114 cm³/mol. The van der Waals surface area contributed by atoms with Gasteiger partial charge in [0.25, 0.3) is 0 Å². The van der Waals surface area contributed by atoms with Crippen LogP contribution in [0.5, 0.6) is 0 Å². The van der Waals surface area contributed by atoms with E-state index in [0.29, 0.717) is 17.3 Å². The van der Waals surface area contributed by atoms with E-state index >= 15 is 0 Å². The van der Waals surface area contributed by atoms with E-state index in [9.17, 15) is 4.79 Å². The van der Waals surface area contributed by atoms with E-state index in [-0.39, 0.29) is 5.91 Å². The van der Waals surface area contributed by atoms with E-state index in [2.05, 4.69) is 22.0 Å². The minimum absolute atomic E-state index is 0.0313. The molecule has 1 saturated heterocycles. The van der Waals surface area contributed by atoms with Gasteiger partial charge in [0, 0.05) is 36.9 Å². The molecule has 0 radical (unpaired) electrons. The second-order valence-electron chi connectivity index (χ2n) is 7.18. The standard InChI is InChI=1S/C21H25Cl2N3O/c1-14-10-16(3)21(18(23)11-14)24-20(27)13-25-6-8-26(9-7-25)19-12-17(22)5-4-15(19)2/h4-5,10-12H,6-9,13H2,1-3H3,(H,24,27). The smallest absolute Gasteiger partial charge is 0.238 e. The molecule has 2 aromatic rings. The molecule has 1 N–H and O–H groups in total. The fraction of sp³-hybridized carbons (Fsp3) is 0.381. The first-order valence-electron chi connectivity index (χ1n) is 9.13. The Kier molecular flexibility index (Phi) is 6.30. The van der Waals surface area contributed by atoms with Gasteiger partial charge in [0.05, 0.1) is 17.3 Å². The van der Waals surface area contributed by atoms with Crippen LogP contribution in [0.15, 0.2) is 30.3 Å². The molecule has 1 fully saturated rings. The van der Waals surface area contributed by atoms with Crippen LogP contribution >= 0.6 is 23.2 Å². The van der Waals surface area contributed by atoms with Crippen molar-refractivity contribution in [2.24, 2.45) is 0 Å². The zero-order valence-corrected chi connectivity index (χ0v) is 17.5. The van der Waals surface area contributed by atoms with Gasteiger partial charge in [-0.25, -0.2) is 0 Å². The molecule has 0 aliphatic carbocycles. The molecule has 0 bridgehead atoms. The molecule has 0 unspecified atom stereocenters. The lowest BCUT2D eigenvalue weighted by Gasteiger charge is -2.36. The van der Waals surface area contributed by atoms with Crippen molar-refractivity contribution in [3.05, 3.63) is 57.1 Å². The summed E-state index contributed by atoms with van der Waals surface area (Å²) >= 11 is 12.4. The number of aryl methyl sites for hydroxylation is 3. The lowest BCUT2D eigenvalue weighted by atomic mass is 10.1. The molecule has 144 valence electrons. The van der Waals surface area contributed by atoms with Crippen LogP contribution < -0.4 is 10.2 Å². The van der Waals surface area contributed by atoms with E-state index in [1.165, 1.54) is 11.3 Å². The summed E-state index contributed by atoms with van der Waals surface area (Å²) in [5.41, 5.74) is 5.17. The Morgan fingerprint density at radius 3 is 2.37 bits per heavy atom. The lowest BCUT2D eigenvalue weighted by Crippen LogP contribution is -2.48. The van der Waals surface area contributed by atoms with Gasteiger partial charge in [-0.1, -0.05) is 35.3 Å². The Bertz CT molecular complexity index is 822. The van der Waals surface area contributed by atoms with Crippen molar-refractivity contribution in [1.82, 2.24) is 4.90 Å². The number of anilines is 2. The van der Waals surface area contributed by atoms with Crippen molar-refractivity contribution in [2.45, 2.75) is 20.8 Å². The second kappa shape index (κ2) is 8.51. The maximum Gasteiger partial charge on any atom is 0.238 e. The number of halogens is 2. The number of hydrogen-bond acceptors (Lipinski definition) is 3. The van der Waals surface area contributed by atoms with Gasteiger partial charge in [0.1, 0.15) is 0 Å². The molecule has 0 spiro atoms. The number of benzene rings is 2. The van der Waals surface area contributed by atoms with Crippen molar-refractivity contribution in [3.63, 3.8) is 0 Å². The van der Waals surface area contributed by atoms with Crippen LogP contribution in [0.3, 0.4) is 0 Å². The summed E-state index contributed by atoms with van der Waals surface area (Å²) in [6, 6.07) is 9.87. The number of piperazine rings is 1. The van der Waals surface area contributed by atoms with Crippen molar-refractivity contribution in [1.29, 1.82) is 0 Å². The highest BCUT2D eigenvalue weighted by atomic mass is 35.5. The third-order valence-electron chi connectivity index (χ3n) is 4.95. The van der Waals surface area contributed by atoms with Gasteiger partial charge >= 0.3 is 0 Å². The van der Waals surface area contributed by atoms with E-state index in [4.69, 9.17) is 23.2 Å². The van der Waals surface area contributed by atoms with Crippen LogP contribution in [0.25, 0.3) is 0 Å². The minimum atomic E-state index is -0.0313. The summed E-state index contributed by atoms with van der Waals surface area (Å²) in [6.07, 6.45) is 0. The molecule has 27 heavy (non-hydrogen) atoms. The van der Waals surface area contributed by atoms with Gasteiger partial charge < -0.3 is 10.2 Å². The Balaban J connectivity index is 1.56. The molecule has 1 heterocycles. The molecule has 0 saturated carbocycles. The van der Waals surface area contributed by atoms with Gasteiger partial charge in [-0.2, -0.15) is 0 Å². The molecule has 1 aliphatic rings. The lowest BCUT2D eigenvalue weighted by molar-refractivity contribution is -0.117. The number of rotatable bonds is 4. The summed E-state index contributed by atoms with van der Waals surface area (Å²) in [5.74, 6) is -0.0313. The second-order valence-corrected chi connectivity index (χ2v) is 8.02. The topological polar surface area (TPSA) is 35.6 Å². The molecule has 6 heteroatoms. The van der Waals surface area contributed by atoms with Gasteiger partial charge in [0.15, 0.2) is 0 Å². The third kappa shape index (κ3) is 4.95. The molecule has 0 atom stereocenters. The summed E-state index contributed by atoms with van der Waals surface area (Å²) in [5, 5.41) is 4.31. The van der Waals surface area contributed by atoms with Gasteiger partial charge in [-0.15, -0.1) is 0 Å². The summed E-state index contributed by atoms with van der Waals surface area (Å²) < 4.78 is 0. The van der Waals surface area contributed by atoms with E-state index in [0.717, 1.165) is 42.3 Å². The van der Waals surface area contributed by atoms with Crippen LogP contribution in [-0.2, 0) is 4.79 Å². The fourth-order valence-electron chi connectivity index (χ4n) is 3.53. The monoisotopic (exact) mass is 405 g/mol. The maximum atomic E-state index is 12.5. The highest BCUT2D eigenvalue weighted by Gasteiger charge is 2.21. The van der Waals surface area contributed by atoms with Gasteiger partial charge in [-0.3, -0.25) is 9.69 Å². The Morgan fingerprint density at radius 2 is 1.70 bits per heavy atom. The summed E-state index contributed by atoms with van der Waals surface area (Å²) in [4.78, 5) is 17.0. The molecule has 1 amide bonds. The zero-order valence-electron chi connectivity index (χ0n) is 16.0. The van der Waals surface area contributed by atoms with Crippen LogP contribution in [0, 0.1) is 20.8 Å². The Hall–Kier alpha value is -1.75. The Labute approximate surface area is 171 Å². The van der Waals surface area contributed by atoms with E-state index in [1.807, 2.05) is 44.2 Å². The number of hydrogen-bond donors (Lipinski definition) is 1. The van der Waals surface area contributed by atoms with Gasteiger partial charge in [0.2, 0.25) is 5.91 Å². The van der Waals surface area contributed by atoms with Crippen LogP contribution in [0.1, 0.15) is 16.7 Å². The van der Waals surface area contributed by atoms with E-state index in [1.54, 1.807) is 0 Å². The molecular formula is C21H25Cl2N3O. The minimum Gasteiger partial charge on any atom is -0.369 e. The molecule has 2 aromatic carbocycles. The first-order chi connectivity index (χ1) is 12.8. The normalized spacial score (nSPS) is 15.1. The SMILES string of the molecule is Cc1cc(C)c(NC(=O)CN2CCN(c3cc(Cl)ccc3C)CC2)c(Cl)c1. The average molecular weight is 406 g/mol. The Morgan fingerprint density at radius 1 is 1.00 bits per heavy atom. The molecular weight excluding hydrogens is 381 g/mol. The molecule has 0 aromatic heterocycles. The fourth-order valence-corrected chi connectivity index (χ4v) is 4.06. The van der Waals surface area contributed by atoms with Crippen molar-refractivity contribution in [2.75, 3.05) is 42.9 Å². The quantitative estimate of drug-likeness (QED) is 0.801. The largest absolute Gasteiger partial charge is 0.369 e. The highest BCUT2D eigenvalue weighted by Crippen LogP contribution is 2.28. The van der Waals surface area contributed by atoms with Gasteiger partial charge in [-0.05, 0) is 55.7 Å². The predicted octanol–water partition coefficient (Wildman–Crippen LogP) is 4.68. The highest BCUT2D eigenvalue weighted by molar-refractivity contribution is 6.34. The van der Waals surface area contributed by atoms with Crippen molar-refractivity contribution < 1.29 is 4.79 Å². The number of nitrogens with one attached hydrogen (secondary N) is 1. The first kappa shape index (κ1) is 20.0. The number of carbonyl (C=O) groups is 1. The van der Waals surface area contributed by atoms with Crippen LogP contribution in [-0.4, -0.2) is 43.5 Å². The zero-order chi connectivity index (χ0) is 19.6. The maximum absolute atomic E-state index is 12.5. The number of carbonyl (C=O) groups excluding carboxylic acids is 1. The summed E-state index contributed by atoms with van der Waals surface area (Å²) in [6.45, 7) is 9.83. The number of amides is 1.